The summed E-state index contributed by atoms with van der Waals surface area (Å²) < 4.78 is 26.9. The summed E-state index contributed by atoms with van der Waals surface area (Å²) in [5, 5.41) is 3.03. The Hall–Kier alpha value is -1.39. The van der Waals surface area contributed by atoms with Crippen molar-refractivity contribution >= 4 is 11.8 Å². The van der Waals surface area contributed by atoms with Gasteiger partial charge in [0.15, 0.2) is 0 Å². The van der Waals surface area contributed by atoms with E-state index in [0.29, 0.717) is 11.3 Å². The molecule has 1 N–H and O–H groups in total. The van der Waals surface area contributed by atoms with Gasteiger partial charge in [0.2, 0.25) is 0 Å². The Morgan fingerprint density at radius 3 is 2.53 bits per heavy atom. The van der Waals surface area contributed by atoms with Crippen LogP contribution < -0.4 is 5.32 Å². The molecule has 2 rings (SSSR count). The topological polar surface area (TPSA) is 12.0 Å². The quantitative estimate of drug-likeness (QED) is 0.830. The summed E-state index contributed by atoms with van der Waals surface area (Å²) in [7, 11) is 1.75. The molecular weight excluding hydrogens is 264 g/mol. The lowest BCUT2D eigenvalue weighted by atomic mass is 10.1. The van der Waals surface area contributed by atoms with Crippen molar-refractivity contribution in [3.05, 3.63) is 65.7 Å². The molecule has 4 heteroatoms. The van der Waals surface area contributed by atoms with Crippen molar-refractivity contribution < 1.29 is 8.78 Å². The minimum absolute atomic E-state index is 0.221. The number of thioether (sulfide) groups is 1. The van der Waals surface area contributed by atoms with E-state index >= 15 is 0 Å². The third-order valence-electron chi connectivity index (χ3n) is 2.84. The number of benzene rings is 2. The SMILES string of the molecule is CNC(CSc1ccccc1)c1cc(F)ccc1F. The van der Waals surface area contributed by atoms with Crippen LogP contribution in [0.1, 0.15) is 11.6 Å². The van der Waals surface area contributed by atoms with E-state index in [1.807, 2.05) is 30.3 Å². The average Bonchev–Trinajstić information content (AvgIpc) is 2.44. The van der Waals surface area contributed by atoms with Crippen LogP contribution in [0.25, 0.3) is 0 Å². The van der Waals surface area contributed by atoms with Gasteiger partial charge in [0.25, 0.3) is 0 Å². The van der Waals surface area contributed by atoms with E-state index in [9.17, 15) is 8.78 Å². The first kappa shape index (κ1) is 14.0. The number of hydrogen-bond donors (Lipinski definition) is 1. The van der Waals surface area contributed by atoms with Gasteiger partial charge in [-0.1, -0.05) is 18.2 Å². The van der Waals surface area contributed by atoms with Crippen LogP contribution in [0.4, 0.5) is 8.78 Å². The van der Waals surface area contributed by atoms with E-state index in [0.717, 1.165) is 11.0 Å². The lowest BCUT2D eigenvalue weighted by Crippen LogP contribution is -2.20. The highest BCUT2D eigenvalue weighted by molar-refractivity contribution is 7.99. The maximum Gasteiger partial charge on any atom is 0.128 e. The fourth-order valence-corrected chi connectivity index (χ4v) is 2.86. The second-order valence-electron chi connectivity index (χ2n) is 4.13. The summed E-state index contributed by atoms with van der Waals surface area (Å²) in [5.74, 6) is -0.156. The fourth-order valence-electron chi connectivity index (χ4n) is 1.81. The molecule has 0 saturated carbocycles. The van der Waals surface area contributed by atoms with Crippen LogP contribution in [0, 0.1) is 11.6 Å². The highest BCUT2D eigenvalue weighted by atomic mass is 32.2. The zero-order valence-electron chi connectivity index (χ0n) is 10.6. The van der Waals surface area contributed by atoms with Gasteiger partial charge in [0.05, 0.1) is 0 Å². The number of rotatable bonds is 5. The van der Waals surface area contributed by atoms with E-state index in [1.54, 1.807) is 18.8 Å². The van der Waals surface area contributed by atoms with Crippen molar-refractivity contribution in [1.29, 1.82) is 0 Å². The van der Waals surface area contributed by atoms with Gasteiger partial charge in [0.1, 0.15) is 11.6 Å². The van der Waals surface area contributed by atoms with E-state index in [2.05, 4.69) is 5.32 Å². The average molecular weight is 279 g/mol. The summed E-state index contributed by atoms with van der Waals surface area (Å²) in [4.78, 5) is 1.11. The Balaban J connectivity index is 2.10. The minimum atomic E-state index is -0.415. The van der Waals surface area contributed by atoms with Crippen LogP contribution in [0.5, 0.6) is 0 Å². The second kappa shape index (κ2) is 6.68. The standard InChI is InChI=1S/C15H15F2NS/c1-18-15(10-19-12-5-3-2-4-6-12)13-9-11(16)7-8-14(13)17/h2-9,15,18H,10H2,1H3. The molecule has 100 valence electrons. The largest absolute Gasteiger partial charge is 0.312 e. The Labute approximate surface area is 116 Å². The molecule has 0 aromatic heterocycles. The van der Waals surface area contributed by atoms with Crippen LogP contribution in [0.2, 0.25) is 0 Å². The molecule has 2 aromatic carbocycles. The van der Waals surface area contributed by atoms with Crippen molar-refractivity contribution in [3.63, 3.8) is 0 Å². The number of nitrogens with one attached hydrogen (secondary N) is 1. The summed E-state index contributed by atoms with van der Waals surface area (Å²) in [6, 6.07) is 13.2. The van der Waals surface area contributed by atoms with Crippen molar-refractivity contribution in [2.75, 3.05) is 12.8 Å². The van der Waals surface area contributed by atoms with Gasteiger partial charge in [-0.15, -0.1) is 11.8 Å². The Bertz CT molecular complexity index is 531. The first-order valence-corrected chi connectivity index (χ1v) is 6.99. The van der Waals surface area contributed by atoms with Crippen molar-refractivity contribution in [1.82, 2.24) is 5.32 Å². The molecule has 1 nitrogen and oxygen atoms in total. The van der Waals surface area contributed by atoms with Crippen molar-refractivity contribution in [2.24, 2.45) is 0 Å². The predicted molar refractivity (Wildman–Crippen MR) is 75.3 cm³/mol. The Morgan fingerprint density at radius 1 is 1.11 bits per heavy atom. The molecule has 0 aliphatic carbocycles. The maximum absolute atomic E-state index is 13.7. The molecule has 0 spiro atoms. The van der Waals surface area contributed by atoms with Crippen LogP contribution >= 0.6 is 11.8 Å². The molecule has 0 bridgehead atoms. The molecule has 0 fully saturated rings. The lowest BCUT2D eigenvalue weighted by Gasteiger charge is -2.17. The fraction of sp³-hybridized carbons (Fsp3) is 0.200. The Morgan fingerprint density at radius 2 is 1.84 bits per heavy atom. The van der Waals surface area contributed by atoms with Gasteiger partial charge in [-0.3, -0.25) is 0 Å². The molecule has 0 radical (unpaired) electrons. The molecule has 1 atom stereocenters. The summed E-state index contributed by atoms with van der Waals surface area (Å²) in [6.07, 6.45) is 0. The number of hydrogen-bond acceptors (Lipinski definition) is 2. The van der Waals surface area contributed by atoms with Gasteiger partial charge in [-0.05, 0) is 37.4 Å². The van der Waals surface area contributed by atoms with E-state index in [-0.39, 0.29) is 11.9 Å². The summed E-state index contributed by atoms with van der Waals surface area (Å²) >= 11 is 1.61. The molecule has 2 aromatic rings. The first-order valence-electron chi connectivity index (χ1n) is 6.01. The molecule has 1 unspecified atom stereocenters. The maximum atomic E-state index is 13.7. The minimum Gasteiger partial charge on any atom is -0.312 e. The smallest absolute Gasteiger partial charge is 0.128 e. The van der Waals surface area contributed by atoms with E-state index < -0.39 is 5.82 Å². The first-order chi connectivity index (χ1) is 9.20. The van der Waals surface area contributed by atoms with Crippen LogP contribution in [0.3, 0.4) is 0 Å². The molecule has 0 heterocycles. The lowest BCUT2D eigenvalue weighted by molar-refractivity contribution is 0.549. The van der Waals surface area contributed by atoms with Crippen molar-refractivity contribution in [2.45, 2.75) is 10.9 Å². The zero-order valence-corrected chi connectivity index (χ0v) is 11.4. The zero-order chi connectivity index (χ0) is 13.7. The number of halogens is 2. The van der Waals surface area contributed by atoms with E-state index in [1.165, 1.54) is 12.1 Å². The molecular formula is C15H15F2NS. The third kappa shape index (κ3) is 3.78. The van der Waals surface area contributed by atoms with Gasteiger partial charge in [0, 0.05) is 22.3 Å². The second-order valence-corrected chi connectivity index (χ2v) is 5.22. The highest BCUT2D eigenvalue weighted by Gasteiger charge is 2.15. The van der Waals surface area contributed by atoms with Crippen LogP contribution in [0.15, 0.2) is 53.4 Å². The van der Waals surface area contributed by atoms with Gasteiger partial charge in [-0.25, -0.2) is 8.78 Å². The van der Waals surface area contributed by atoms with Crippen LogP contribution in [-0.2, 0) is 0 Å². The van der Waals surface area contributed by atoms with Gasteiger partial charge < -0.3 is 5.32 Å². The molecule has 0 saturated heterocycles. The normalized spacial score (nSPS) is 12.4. The molecule has 0 aliphatic rings. The van der Waals surface area contributed by atoms with Gasteiger partial charge in [-0.2, -0.15) is 0 Å². The molecule has 19 heavy (non-hydrogen) atoms. The molecule has 0 amide bonds. The predicted octanol–water partition coefficient (Wildman–Crippen LogP) is 4.02. The van der Waals surface area contributed by atoms with Gasteiger partial charge >= 0.3 is 0 Å². The van der Waals surface area contributed by atoms with E-state index in [4.69, 9.17) is 0 Å². The van der Waals surface area contributed by atoms with Crippen molar-refractivity contribution in [3.8, 4) is 0 Å². The van der Waals surface area contributed by atoms with Crippen LogP contribution in [-0.4, -0.2) is 12.8 Å². The monoisotopic (exact) mass is 279 g/mol. The highest BCUT2D eigenvalue weighted by Crippen LogP contribution is 2.26. The molecule has 0 aliphatic heterocycles. The Kier molecular flexibility index (Phi) is 4.93. The third-order valence-corrected chi connectivity index (χ3v) is 3.95. The summed E-state index contributed by atoms with van der Waals surface area (Å²) in [5.41, 5.74) is 0.367. The summed E-state index contributed by atoms with van der Waals surface area (Å²) in [6.45, 7) is 0.